The highest BCUT2D eigenvalue weighted by Crippen LogP contribution is 2.22. The van der Waals surface area contributed by atoms with Crippen molar-refractivity contribution in [1.82, 2.24) is 4.98 Å². The molecule has 3 N–H and O–H groups in total. The van der Waals surface area contributed by atoms with Crippen molar-refractivity contribution in [2.45, 2.75) is 6.92 Å². The molecule has 2 rings (SSSR count). The maximum absolute atomic E-state index is 12.0. The molecule has 0 unspecified atom stereocenters. The molecule has 1 amide bonds. The molecule has 0 atom stereocenters. The fourth-order valence-corrected chi connectivity index (χ4v) is 2.38. The van der Waals surface area contributed by atoms with E-state index in [0.29, 0.717) is 20.9 Å². The Labute approximate surface area is 111 Å². The topological polar surface area (TPSA) is 68.0 Å². The summed E-state index contributed by atoms with van der Waals surface area (Å²) in [4.78, 5) is 17.1. The number of carbonyl (C=O) groups is 1. The summed E-state index contributed by atoms with van der Waals surface area (Å²) in [5, 5.41) is 3.32. The molecule has 2 aromatic rings. The van der Waals surface area contributed by atoms with E-state index in [-0.39, 0.29) is 5.91 Å². The van der Waals surface area contributed by atoms with Crippen LogP contribution in [0.25, 0.3) is 0 Å². The fraction of sp³-hybridized carbons (Fsp3) is 0.0909. The van der Waals surface area contributed by atoms with Gasteiger partial charge in [-0.3, -0.25) is 10.1 Å². The molecule has 0 aliphatic carbocycles. The molecule has 0 bridgehead atoms. The number of thiazole rings is 1. The lowest BCUT2D eigenvalue weighted by Gasteiger charge is -2.05. The molecule has 1 aromatic heterocycles. The third kappa shape index (κ3) is 2.83. The summed E-state index contributed by atoms with van der Waals surface area (Å²) in [6.45, 7) is 1.93. The molecule has 88 valence electrons. The number of hydrogen-bond donors (Lipinski definition) is 2. The zero-order valence-electron chi connectivity index (χ0n) is 9.03. The number of nitrogens with two attached hydrogens (primary N) is 1. The first kappa shape index (κ1) is 12.1. The predicted molar refractivity (Wildman–Crippen MR) is 73.4 cm³/mol. The number of nitrogens with one attached hydrogen (secondary N) is 1. The molecule has 0 saturated heterocycles. The van der Waals surface area contributed by atoms with E-state index in [2.05, 4.69) is 26.2 Å². The predicted octanol–water partition coefficient (Wildman–Crippen LogP) is 3.05. The monoisotopic (exact) mass is 311 g/mol. The summed E-state index contributed by atoms with van der Waals surface area (Å²) in [6.07, 6.45) is 1.72. The van der Waals surface area contributed by atoms with E-state index in [1.165, 1.54) is 11.3 Å². The van der Waals surface area contributed by atoms with Crippen LogP contribution in [0.3, 0.4) is 0 Å². The number of rotatable bonds is 2. The molecule has 1 heterocycles. The van der Waals surface area contributed by atoms with Gasteiger partial charge in [0.05, 0.1) is 5.56 Å². The molecule has 17 heavy (non-hydrogen) atoms. The number of amides is 1. The lowest BCUT2D eigenvalue weighted by Crippen LogP contribution is -2.12. The van der Waals surface area contributed by atoms with Crippen LogP contribution in [0.2, 0.25) is 0 Å². The highest BCUT2D eigenvalue weighted by molar-refractivity contribution is 9.10. The molecular formula is C11H10BrN3OS. The van der Waals surface area contributed by atoms with Crippen LogP contribution in [-0.4, -0.2) is 10.9 Å². The van der Waals surface area contributed by atoms with Crippen LogP contribution in [0.1, 0.15) is 15.2 Å². The van der Waals surface area contributed by atoms with Gasteiger partial charge in [0.15, 0.2) is 5.13 Å². The summed E-state index contributed by atoms with van der Waals surface area (Å²) in [5.74, 6) is -0.224. The lowest BCUT2D eigenvalue weighted by molar-refractivity contribution is 0.102. The number of nitrogen functional groups attached to an aromatic ring is 1. The second kappa shape index (κ2) is 4.85. The number of nitrogens with zero attached hydrogens (tertiary/aromatic N) is 1. The molecule has 0 aliphatic heterocycles. The van der Waals surface area contributed by atoms with Crippen molar-refractivity contribution in [2.75, 3.05) is 11.1 Å². The Morgan fingerprint density at radius 3 is 2.94 bits per heavy atom. The summed E-state index contributed by atoms with van der Waals surface area (Å²) >= 11 is 4.75. The smallest absolute Gasteiger partial charge is 0.258 e. The van der Waals surface area contributed by atoms with Gasteiger partial charge in [0, 0.05) is 21.2 Å². The van der Waals surface area contributed by atoms with Crippen LogP contribution >= 0.6 is 27.3 Å². The maximum atomic E-state index is 12.0. The van der Waals surface area contributed by atoms with Crippen LogP contribution < -0.4 is 11.1 Å². The summed E-state index contributed by atoms with van der Waals surface area (Å²) in [7, 11) is 0. The summed E-state index contributed by atoms with van der Waals surface area (Å²) in [5.41, 5.74) is 6.70. The lowest BCUT2D eigenvalue weighted by atomic mass is 10.2. The van der Waals surface area contributed by atoms with Gasteiger partial charge in [0.2, 0.25) is 0 Å². The zero-order chi connectivity index (χ0) is 12.4. The van der Waals surface area contributed by atoms with Crippen LogP contribution in [0.5, 0.6) is 0 Å². The fourth-order valence-electron chi connectivity index (χ4n) is 1.29. The number of aryl methyl sites for hydroxylation is 1. The van der Waals surface area contributed by atoms with Crippen molar-refractivity contribution in [2.24, 2.45) is 0 Å². The summed E-state index contributed by atoms with van der Waals surface area (Å²) in [6, 6.07) is 5.10. The second-order valence-corrected chi connectivity index (χ2v) is 5.56. The Bertz CT molecular complexity index is 568. The van der Waals surface area contributed by atoms with Gasteiger partial charge >= 0.3 is 0 Å². The van der Waals surface area contributed by atoms with Gasteiger partial charge < -0.3 is 5.73 Å². The average Bonchev–Trinajstić information content (AvgIpc) is 2.67. The first-order valence-electron chi connectivity index (χ1n) is 4.85. The van der Waals surface area contributed by atoms with Crippen LogP contribution in [0.15, 0.2) is 28.9 Å². The van der Waals surface area contributed by atoms with Crippen molar-refractivity contribution in [3.8, 4) is 0 Å². The molecule has 4 nitrogen and oxygen atoms in total. The first-order chi connectivity index (χ1) is 8.06. The Balaban J connectivity index is 2.22. The standard InChI is InChI=1S/C11H10BrN3OS/c1-6-5-14-11(17-6)15-10(16)8-4-7(13)2-3-9(8)12/h2-5H,13H2,1H3,(H,14,15,16). The number of benzene rings is 1. The molecule has 0 fully saturated rings. The minimum Gasteiger partial charge on any atom is -0.399 e. The van der Waals surface area contributed by atoms with Crippen molar-refractivity contribution in [3.63, 3.8) is 0 Å². The Hall–Kier alpha value is -1.40. The van der Waals surface area contributed by atoms with E-state index >= 15 is 0 Å². The van der Waals surface area contributed by atoms with E-state index in [9.17, 15) is 4.79 Å². The third-order valence-corrected chi connectivity index (χ3v) is 3.60. The van der Waals surface area contributed by atoms with Crippen molar-refractivity contribution in [1.29, 1.82) is 0 Å². The Morgan fingerprint density at radius 1 is 1.53 bits per heavy atom. The number of aromatic nitrogens is 1. The van der Waals surface area contributed by atoms with Gasteiger partial charge in [-0.15, -0.1) is 11.3 Å². The minimum absolute atomic E-state index is 0.224. The largest absolute Gasteiger partial charge is 0.399 e. The van der Waals surface area contributed by atoms with Gasteiger partial charge in [-0.2, -0.15) is 0 Å². The van der Waals surface area contributed by atoms with Gasteiger partial charge in [-0.05, 0) is 41.1 Å². The number of carbonyl (C=O) groups excluding carboxylic acids is 1. The highest BCUT2D eigenvalue weighted by atomic mass is 79.9. The highest BCUT2D eigenvalue weighted by Gasteiger charge is 2.12. The van der Waals surface area contributed by atoms with Crippen LogP contribution in [-0.2, 0) is 0 Å². The number of hydrogen-bond acceptors (Lipinski definition) is 4. The van der Waals surface area contributed by atoms with Crippen molar-refractivity contribution >= 4 is 44.0 Å². The van der Waals surface area contributed by atoms with E-state index in [0.717, 1.165) is 4.88 Å². The molecule has 0 aliphatic rings. The van der Waals surface area contributed by atoms with Crippen molar-refractivity contribution in [3.05, 3.63) is 39.3 Å². The molecular weight excluding hydrogens is 302 g/mol. The number of halogens is 1. The molecule has 1 aromatic carbocycles. The van der Waals surface area contributed by atoms with Crippen molar-refractivity contribution < 1.29 is 4.79 Å². The van der Waals surface area contributed by atoms with Gasteiger partial charge in [0.25, 0.3) is 5.91 Å². The average molecular weight is 312 g/mol. The van der Waals surface area contributed by atoms with Gasteiger partial charge in [0.1, 0.15) is 0 Å². The van der Waals surface area contributed by atoms with Gasteiger partial charge in [-0.1, -0.05) is 0 Å². The van der Waals surface area contributed by atoms with Gasteiger partial charge in [-0.25, -0.2) is 4.98 Å². The number of anilines is 2. The molecule has 6 heteroatoms. The maximum Gasteiger partial charge on any atom is 0.258 e. The minimum atomic E-state index is -0.224. The van der Waals surface area contributed by atoms with E-state index in [1.54, 1.807) is 24.4 Å². The Kier molecular flexibility index (Phi) is 3.44. The third-order valence-electron chi connectivity index (χ3n) is 2.08. The zero-order valence-corrected chi connectivity index (χ0v) is 11.4. The Morgan fingerprint density at radius 2 is 2.29 bits per heavy atom. The van der Waals surface area contributed by atoms with Crippen LogP contribution in [0, 0.1) is 6.92 Å². The molecule has 0 spiro atoms. The van der Waals surface area contributed by atoms with E-state index in [1.807, 2.05) is 6.92 Å². The van der Waals surface area contributed by atoms with E-state index in [4.69, 9.17) is 5.73 Å². The molecule has 0 saturated carbocycles. The normalized spacial score (nSPS) is 10.2. The second-order valence-electron chi connectivity index (χ2n) is 3.47. The van der Waals surface area contributed by atoms with E-state index < -0.39 is 0 Å². The van der Waals surface area contributed by atoms with Crippen LogP contribution in [0.4, 0.5) is 10.8 Å². The first-order valence-corrected chi connectivity index (χ1v) is 6.46. The quantitative estimate of drug-likeness (QED) is 0.838. The summed E-state index contributed by atoms with van der Waals surface area (Å²) < 4.78 is 0.706. The molecule has 0 radical (unpaired) electrons. The SMILES string of the molecule is Cc1cnc(NC(=O)c2cc(N)ccc2Br)s1.